The number of carbonyl (C=O) groups excluding carboxylic acids is 2. The van der Waals surface area contributed by atoms with Crippen LogP contribution in [0.25, 0.3) is 22.6 Å². The molecule has 2 heterocycles. The molecular formula is C24H26N2O5. The summed E-state index contributed by atoms with van der Waals surface area (Å²) in [4.78, 5) is 31.6. The van der Waals surface area contributed by atoms with Gasteiger partial charge in [0.25, 0.3) is 5.91 Å². The number of ether oxygens (including phenoxy) is 2. The van der Waals surface area contributed by atoms with Gasteiger partial charge in [0.05, 0.1) is 20.1 Å². The third-order valence-electron chi connectivity index (χ3n) is 5.55. The lowest BCUT2D eigenvalue weighted by Crippen LogP contribution is -2.45. The molecule has 1 saturated heterocycles. The van der Waals surface area contributed by atoms with Gasteiger partial charge in [0.15, 0.2) is 5.58 Å². The second-order valence-electron chi connectivity index (χ2n) is 7.59. The Labute approximate surface area is 181 Å². The zero-order chi connectivity index (χ0) is 21.8. The lowest BCUT2D eigenvalue weighted by Gasteiger charge is -2.35. The Balaban J connectivity index is 1.58. The van der Waals surface area contributed by atoms with Gasteiger partial charge in [0.2, 0.25) is 5.89 Å². The van der Waals surface area contributed by atoms with E-state index in [1.807, 2.05) is 24.3 Å². The summed E-state index contributed by atoms with van der Waals surface area (Å²) in [5, 5.41) is 0. The van der Waals surface area contributed by atoms with Crippen LogP contribution < -0.4 is 4.74 Å². The number of benzene rings is 2. The molecule has 1 aliphatic rings. The molecule has 1 amide bonds. The maximum absolute atomic E-state index is 13.2. The normalized spacial score (nSPS) is 16.3. The first-order valence-electron chi connectivity index (χ1n) is 10.6. The maximum Gasteiger partial charge on any atom is 0.307 e. The minimum absolute atomic E-state index is 0.102. The molecule has 1 fully saturated rings. The molecule has 0 unspecified atom stereocenters. The second-order valence-corrected chi connectivity index (χ2v) is 7.59. The van der Waals surface area contributed by atoms with Gasteiger partial charge in [0.1, 0.15) is 11.3 Å². The predicted molar refractivity (Wildman–Crippen MR) is 116 cm³/mol. The number of amides is 1. The van der Waals surface area contributed by atoms with Gasteiger partial charge in [-0.25, -0.2) is 4.98 Å². The standard InChI is InChI=1S/C24H26N2O5/c1-3-30-22(27)15-18-8-4-5-12-26(18)24(28)17-10-11-20-21(14-17)31-23(25-20)16-7-6-9-19(13-16)29-2/h6-7,9-11,13-14,18H,3-5,8,12,15H2,1-2H3/t18-/m1/s1. The van der Waals surface area contributed by atoms with Gasteiger partial charge in [-0.2, -0.15) is 0 Å². The van der Waals surface area contributed by atoms with E-state index in [4.69, 9.17) is 13.9 Å². The molecule has 7 nitrogen and oxygen atoms in total. The summed E-state index contributed by atoms with van der Waals surface area (Å²) >= 11 is 0. The fourth-order valence-corrected chi connectivity index (χ4v) is 4.00. The molecule has 0 radical (unpaired) electrons. The number of methoxy groups -OCH3 is 1. The highest BCUT2D eigenvalue weighted by Gasteiger charge is 2.30. The molecule has 1 aliphatic heterocycles. The summed E-state index contributed by atoms with van der Waals surface area (Å²) in [5.41, 5.74) is 2.55. The van der Waals surface area contributed by atoms with Crippen molar-refractivity contribution >= 4 is 23.0 Å². The summed E-state index contributed by atoms with van der Waals surface area (Å²) in [6, 6.07) is 12.6. The van der Waals surface area contributed by atoms with Gasteiger partial charge in [-0.15, -0.1) is 0 Å². The Hall–Kier alpha value is -3.35. The average Bonchev–Trinajstić information content (AvgIpc) is 3.23. The first-order chi connectivity index (χ1) is 15.1. The van der Waals surface area contributed by atoms with Crippen molar-refractivity contribution < 1.29 is 23.5 Å². The lowest BCUT2D eigenvalue weighted by molar-refractivity contribution is -0.144. The van der Waals surface area contributed by atoms with Crippen LogP contribution in [0.2, 0.25) is 0 Å². The van der Waals surface area contributed by atoms with E-state index in [1.54, 1.807) is 37.1 Å². The van der Waals surface area contributed by atoms with Crippen LogP contribution in [0.5, 0.6) is 5.75 Å². The molecule has 4 rings (SSSR count). The van der Waals surface area contributed by atoms with Gasteiger partial charge >= 0.3 is 5.97 Å². The molecule has 3 aromatic rings. The quantitative estimate of drug-likeness (QED) is 0.546. The zero-order valence-electron chi connectivity index (χ0n) is 17.8. The van der Waals surface area contributed by atoms with Crippen molar-refractivity contribution in [3.63, 3.8) is 0 Å². The Kier molecular flexibility index (Phi) is 6.21. The van der Waals surface area contributed by atoms with E-state index < -0.39 is 0 Å². The van der Waals surface area contributed by atoms with Gasteiger partial charge in [-0.3, -0.25) is 9.59 Å². The molecule has 1 aromatic heterocycles. The Morgan fingerprint density at radius 1 is 1.19 bits per heavy atom. The van der Waals surface area contributed by atoms with Crippen molar-refractivity contribution in [2.45, 2.75) is 38.6 Å². The average molecular weight is 422 g/mol. The van der Waals surface area contributed by atoms with E-state index in [0.717, 1.165) is 24.8 Å². The molecule has 0 aliphatic carbocycles. The summed E-state index contributed by atoms with van der Waals surface area (Å²) < 4.78 is 16.3. The Bertz CT molecular complexity index is 1090. The summed E-state index contributed by atoms with van der Waals surface area (Å²) in [6.07, 6.45) is 2.95. The molecule has 2 aromatic carbocycles. The minimum Gasteiger partial charge on any atom is -0.497 e. The van der Waals surface area contributed by atoms with Crippen molar-refractivity contribution in [2.75, 3.05) is 20.3 Å². The van der Waals surface area contributed by atoms with Crippen molar-refractivity contribution in [1.29, 1.82) is 0 Å². The number of oxazole rings is 1. The SMILES string of the molecule is CCOC(=O)C[C@H]1CCCCN1C(=O)c1ccc2nc(-c3cccc(OC)c3)oc2c1. The van der Waals surface area contributed by atoms with Crippen LogP contribution in [0, 0.1) is 0 Å². The predicted octanol–water partition coefficient (Wildman–Crippen LogP) is 4.45. The highest BCUT2D eigenvalue weighted by molar-refractivity contribution is 5.97. The van der Waals surface area contributed by atoms with Crippen LogP contribution in [0.3, 0.4) is 0 Å². The van der Waals surface area contributed by atoms with Crippen molar-refractivity contribution in [3.05, 3.63) is 48.0 Å². The van der Waals surface area contributed by atoms with Gasteiger partial charge in [-0.1, -0.05) is 6.07 Å². The lowest BCUT2D eigenvalue weighted by atomic mass is 9.98. The van der Waals surface area contributed by atoms with E-state index in [2.05, 4.69) is 4.98 Å². The number of fused-ring (bicyclic) bond motifs is 1. The molecule has 162 valence electrons. The maximum atomic E-state index is 13.2. The number of piperidine rings is 1. The molecule has 1 atom stereocenters. The summed E-state index contributed by atoms with van der Waals surface area (Å²) in [5.74, 6) is 0.820. The van der Waals surface area contributed by atoms with Crippen LogP contribution in [0.1, 0.15) is 43.0 Å². The summed E-state index contributed by atoms with van der Waals surface area (Å²) in [7, 11) is 1.61. The number of esters is 1. The third-order valence-corrected chi connectivity index (χ3v) is 5.55. The number of likely N-dealkylation sites (tertiary alicyclic amines) is 1. The monoisotopic (exact) mass is 422 g/mol. The summed E-state index contributed by atoms with van der Waals surface area (Å²) in [6.45, 7) is 2.76. The van der Waals surface area contributed by atoms with Crippen molar-refractivity contribution in [2.24, 2.45) is 0 Å². The molecule has 0 bridgehead atoms. The number of rotatable bonds is 6. The fourth-order valence-electron chi connectivity index (χ4n) is 4.00. The number of carbonyl (C=O) groups is 2. The van der Waals surface area contributed by atoms with Crippen LogP contribution in [0.15, 0.2) is 46.9 Å². The molecule has 0 spiro atoms. The molecule has 0 N–H and O–H groups in total. The van der Waals surface area contributed by atoms with Crippen LogP contribution >= 0.6 is 0 Å². The van der Waals surface area contributed by atoms with E-state index in [9.17, 15) is 9.59 Å². The zero-order valence-corrected chi connectivity index (χ0v) is 17.8. The van der Waals surface area contributed by atoms with Gasteiger partial charge < -0.3 is 18.8 Å². The number of nitrogens with zero attached hydrogens (tertiary/aromatic N) is 2. The van der Waals surface area contributed by atoms with E-state index >= 15 is 0 Å². The Morgan fingerprint density at radius 3 is 2.87 bits per heavy atom. The van der Waals surface area contributed by atoms with Crippen LogP contribution in [-0.4, -0.2) is 48.1 Å². The van der Waals surface area contributed by atoms with Crippen LogP contribution in [-0.2, 0) is 9.53 Å². The molecular weight excluding hydrogens is 396 g/mol. The molecule has 31 heavy (non-hydrogen) atoms. The van der Waals surface area contributed by atoms with E-state index in [1.165, 1.54) is 0 Å². The molecule has 7 heteroatoms. The first-order valence-corrected chi connectivity index (χ1v) is 10.6. The fraction of sp³-hybridized carbons (Fsp3) is 0.375. The first kappa shape index (κ1) is 20.9. The number of aromatic nitrogens is 1. The van der Waals surface area contributed by atoms with Crippen LogP contribution in [0.4, 0.5) is 0 Å². The number of hydrogen-bond donors (Lipinski definition) is 0. The highest BCUT2D eigenvalue weighted by Crippen LogP contribution is 2.29. The van der Waals surface area contributed by atoms with E-state index in [-0.39, 0.29) is 24.3 Å². The number of hydrogen-bond acceptors (Lipinski definition) is 6. The molecule has 0 saturated carbocycles. The highest BCUT2D eigenvalue weighted by atomic mass is 16.5. The minimum atomic E-state index is -0.263. The largest absolute Gasteiger partial charge is 0.497 e. The van der Waals surface area contributed by atoms with Crippen molar-refractivity contribution in [3.8, 4) is 17.2 Å². The Morgan fingerprint density at radius 2 is 2.06 bits per heavy atom. The van der Waals surface area contributed by atoms with Gasteiger partial charge in [0, 0.05) is 23.7 Å². The second kappa shape index (κ2) is 9.20. The van der Waals surface area contributed by atoms with Gasteiger partial charge in [-0.05, 0) is 62.6 Å². The smallest absolute Gasteiger partial charge is 0.307 e. The third kappa shape index (κ3) is 4.55. The van der Waals surface area contributed by atoms with Crippen molar-refractivity contribution in [1.82, 2.24) is 9.88 Å². The van der Waals surface area contributed by atoms with E-state index in [0.29, 0.717) is 41.5 Å². The topological polar surface area (TPSA) is 81.9 Å².